The van der Waals surface area contributed by atoms with Crippen molar-refractivity contribution in [3.05, 3.63) is 18.7 Å². The monoisotopic (exact) mass is 251 g/mol. The number of hydrogen-bond acceptors (Lipinski definition) is 3. The molecule has 18 heavy (non-hydrogen) atoms. The smallest absolute Gasteiger partial charge is 0.220 e. The Kier molecular flexibility index (Phi) is 4.75. The number of carbonyl (C=O) groups is 1. The molecule has 1 saturated carbocycles. The third-order valence-corrected chi connectivity index (χ3v) is 3.55. The van der Waals surface area contributed by atoms with E-state index in [0.29, 0.717) is 18.9 Å². The minimum atomic E-state index is 0.0977. The van der Waals surface area contributed by atoms with E-state index in [-0.39, 0.29) is 18.6 Å². The van der Waals surface area contributed by atoms with Crippen molar-refractivity contribution < 1.29 is 9.90 Å². The lowest BCUT2D eigenvalue weighted by Crippen LogP contribution is -2.38. The average molecular weight is 251 g/mol. The lowest BCUT2D eigenvalue weighted by atomic mass is 10.1. The molecule has 2 N–H and O–H groups in total. The Morgan fingerprint density at radius 3 is 3.06 bits per heavy atom. The molecule has 1 aromatic heterocycles. The molecule has 0 saturated heterocycles. The molecule has 0 spiro atoms. The van der Waals surface area contributed by atoms with E-state index >= 15 is 0 Å². The van der Waals surface area contributed by atoms with Crippen LogP contribution in [0.15, 0.2) is 18.7 Å². The van der Waals surface area contributed by atoms with Gasteiger partial charge in [-0.1, -0.05) is 0 Å². The fourth-order valence-corrected chi connectivity index (χ4v) is 2.61. The number of amides is 1. The Hall–Kier alpha value is -1.36. The molecule has 1 amide bonds. The number of aliphatic hydroxyl groups excluding tert-OH is 1. The van der Waals surface area contributed by atoms with Gasteiger partial charge in [-0.3, -0.25) is 4.79 Å². The maximum atomic E-state index is 11.8. The van der Waals surface area contributed by atoms with Crippen LogP contribution in [0.2, 0.25) is 0 Å². The topological polar surface area (TPSA) is 67.2 Å². The second-order valence-electron chi connectivity index (χ2n) is 4.86. The molecule has 1 fully saturated rings. The molecule has 100 valence electrons. The van der Waals surface area contributed by atoms with Crippen LogP contribution in [0.25, 0.3) is 0 Å². The minimum absolute atomic E-state index is 0.0977. The van der Waals surface area contributed by atoms with Gasteiger partial charge in [-0.15, -0.1) is 0 Å². The number of rotatable bonds is 6. The van der Waals surface area contributed by atoms with Gasteiger partial charge in [0, 0.05) is 31.5 Å². The van der Waals surface area contributed by atoms with Crippen molar-refractivity contribution in [2.24, 2.45) is 0 Å². The normalized spacial score (nSPS) is 23.2. The maximum absolute atomic E-state index is 11.8. The predicted octanol–water partition coefficient (Wildman–Crippen LogP) is 1.26. The summed E-state index contributed by atoms with van der Waals surface area (Å²) in [5, 5.41) is 11.8. The van der Waals surface area contributed by atoms with Crippen LogP contribution in [0.5, 0.6) is 0 Å². The Morgan fingerprint density at radius 2 is 2.33 bits per heavy atom. The summed E-state index contributed by atoms with van der Waals surface area (Å²) in [4.78, 5) is 15.8. The van der Waals surface area contributed by atoms with E-state index < -0.39 is 0 Å². The van der Waals surface area contributed by atoms with Crippen molar-refractivity contribution in [3.63, 3.8) is 0 Å². The van der Waals surface area contributed by atoms with Gasteiger partial charge in [-0.2, -0.15) is 0 Å². The molecule has 0 aliphatic heterocycles. The van der Waals surface area contributed by atoms with Gasteiger partial charge in [0.15, 0.2) is 0 Å². The van der Waals surface area contributed by atoms with Gasteiger partial charge >= 0.3 is 0 Å². The third-order valence-electron chi connectivity index (χ3n) is 3.55. The highest BCUT2D eigenvalue weighted by atomic mass is 16.3. The number of unbranched alkanes of at least 4 members (excludes halogenated alkanes) is 1. The van der Waals surface area contributed by atoms with Crippen LogP contribution < -0.4 is 5.32 Å². The molecule has 1 aromatic rings. The molecule has 0 aromatic carbocycles. The highest BCUT2D eigenvalue weighted by Gasteiger charge is 2.29. The quantitative estimate of drug-likeness (QED) is 0.748. The number of carbonyl (C=O) groups excluding carboxylic acids is 1. The molecular formula is C13H21N3O2. The summed E-state index contributed by atoms with van der Waals surface area (Å²) in [7, 11) is 0. The lowest BCUT2D eigenvalue weighted by molar-refractivity contribution is -0.122. The van der Waals surface area contributed by atoms with Crippen molar-refractivity contribution >= 4 is 5.91 Å². The van der Waals surface area contributed by atoms with E-state index in [1.807, 2.05) is 12.5 Å². The molecule has 1 heterocycles. The Bertz CT molecular complexity index is 364. The summed E-state index contributed by atoms with van der Waals surface area (Å²) in [6.07, 6.45) is 10.8. The zero-order valence-corrected chi connectivity index (χ0v) is 10.6. The van der Waals surface area contributed by atoms with Gasteiger partial charge in [0.1, 0.15) is 0 Å². The highest BCUT2D eigenvalue weighted by molar-refractivity contribution is 5.76. The average Bonchev–Trinajstić information content (AvgIpc) is 2.99. The number of aromatic nitrogens is 2. The maximum Gasteiger partial charge on any atom is 0.220 e. The molecule has 1 aliphatic rings. The Labute approximate surface area is 107 Å². The molecule has 2 unspecified atom stereocenters. The summed E-state index contributed by atoms with van der Waals surface area (Å²) < 4.78 is 2.09. The van der Waals surface area contributed by atoms with Gasteiger partial charge < -0.3 is 15.0 Å². The zero-order chi connectivity index (χ0) is 12.8. The third kappa shape index (κ3) is 3.32. The Balaban J connectivity index is 1.83. The van der Waals surface area contributed by atoms with Crippen molar-refractivity contribution in [1.29, 1.82) is 0 Å². The van der Waals surface area contributed by atoms with Crippen LogP contribution >= 0.6 is 0 Å². The first-order valence-electron chi connectivity index (χ1n) is 6.69. The van der Waals surface area contributed by atoms with E-state index in [2.05, 4.69) is 14.9 Å². The molecule has 0 radical (unpaired) electrons. The predicted molar refractivity (Wildman–Crippen MR) is 68.0 cm³/mol. The van der Waals surface area contributed by atoms with Crippen LogP contribution in [-0.4, -0.2) is 33.2 Å². The standard InChI is InChI=1S/C13H21N3O2/c17-9-2-1-6-13(18)15-11-4-3-5-12(11)16-8-7-14-10-16/h7-8,10-12,17H,1-6,9H2,(H,15,18). The molecular weight excluding hydrogens is 230 g/mol. The molecule has 0 bridgehead atoms. The summed E-state index contributed by atoms with van der Waals surface area (Å²) >= 11 is 0. The van der Waals surface area contributed by atoms with Crippen LogP contribution in [0, 0.1) is 0 Å². The number of imidazole rings is 1. The zero-order valence-electron chi connectivity index (χ0n) is 10.6. The highest BCUT2D eigenvalue weighted by Crippen LogP contribution is 2.29. The van der Waals surface area contributed by atoms with Crippen LogP contribution in [0.1, 0.15) is 44.6 Å². The molecule has 2 atom stereocenters. The number of hydrogen-bond donors (Lipinski definition) is 2. The number of nitrogens with zero attached hydrogens (tertiary/aromatic N) is 2. The van der Waals surface area contributed by atoms with Gasteiger partial charge in [0.05, 0.1) is 12.4 Å². The fourth-order valence-electron chi connectivity index (χ4n) is 2.61. The molecule has 1 aliphatic carbocycles. The van der Waals surface area contributed by atoms with Crippen LogP contribution in [0.3, 0.4) is 0 Å². The summed E-state index contributed by atoms with van der Waals surface area (Å²) in [5.41, 5.74) is 0. The fraction of sp³-hybridized carbons (Fsp3) is 0.692. The number of nitrogens with one attached hydrogen (secondary N) is 1. The second-order valence-corrected chi connectivity index (χ2v) is 4.86. The van der Waals surface area contributed by atoms with E-state index in [0.717, 1.165) is 25.7 Å². The number of aliphatic hydroxyl groups is 1. The first-order valence-corrected chi connectivity index (χ1v) is 6.69. The van der Waals surface area contributed by atoms with Crippen molar-refractivity contribution in [2.75, 3.05) is 6.61 Å². The van der Waals surface area contributed by atoms with Crippen LogP contribution in [0.4, 0.5) is 0 Å². The Morgan fingerprint density at radius 1 is 1.44 bits per heavy atom. The largest absolute Gasteiger partial charge is 0.396 e. The van der Waals surface area contributed by atoms with Gasteiger partial charge in [-0.25, -0.2) is 4.98 Å². The first kappa shape index (κ1) is 13.1. The molecule has 5 heteroatoms. The van der Waals surface area contributed by atoms with E-state index in [9.17, 15) is 4.79 Å². The van der Waals surface area contributed by atoms with Crippen LogP contribution in [-0.2, 0) is 4.79 Å². The van der Waals surface area contributed by atoms with Crippen molar-refractivity contribution in [3.8, 4) is 0 Å². The minimum Gasteiger partial charge on any atom is -0.396 e. The summed E-state index contributed by atoms with van der Waals surface area (Å²) in [6, 6.07) is 0.565. The molecule has 5 nitrogen and oxygen atoms in total. The lowest BCUT2D eigenvalue weighted by Gasteiger charge is -2.22. The first-order chi connectivity index (χ1) is 8.81. The SMILES string of the molecule is O=C(CCCCO)NC1CCCC1n1ccnc1. The summed E-state index contributed by atoms with van der Waals surface area (Å²) in [5.74, 6) is 0.0977. The van der Waals surface area contributed by atoms with E-state index in [4.69, 9.17) is 5.11 Å². The van der Waals surface area contributed by atoms with Gasteiger partial charge in [0.25, 0.3) is 0 Å². The van der Waals surface area contributed by atoms with E-state index in [1.54, 1.807) is 6.20 Å². The van der Waals surface area contributed by atoms with Gasteiger partial charge in [0.2, 0.25) is 5.91 Å². The van der Waals surface area contributed by atoms with Crippen molar-refractivity contribution in [2.45, 2.75) is 50.6 Å². The second kappa shape index (κ2) is 6.54. The van der Waals surface area contributed by atoms with Gasteiger partial charge in [-0.05, 0) is 32.1 Å². The van der Waals surface area contributed by atoms with E-state index in [1.165, 1.54) is 0 Å². The van der Waals surface area contributed by atoms with Crippen molar-refractivity contribution in [1.82, 2.24) is 14.9 Å². The summed E-state index contributed by atoms with van der Waals surface area (Å²) in [6.45, 7) is 0.161. The molecule has 2 rings (SSSR count).